The minimum atomic E-state index is -3.30. The smallest absolute Gasteiger partial charge is 0.212 e. The molecule has 0 aromatic rings. The van der Waals surface area contributed by atoms with Gasteiger partial charge in [-0.25, -0.2) is 13.1 Å². The Balaban J connectivity index is 3.93. The number of sulfonamides is 1. The van der Waals surface area contributed by atoms with Crippen molar-refractivity contribution in [3.8, 4) is 6.07 Å². The molecule has 0 aliphatic heterocycles. The zero-order valence-electron chi connectivity index (χ0n) is 11.6. The van der Waals surface area contributed by atoms with Crippen LogP contribution < -0.4 is 4.72 Å². The first-order valence-corrected chi connectivity index (χ1v) is 8.48. The molecule has 0 saturated carbocycles. The Morgan fingerprint density at radius 1 is 1.11 bits per heavy atom. The highest BCUT2D eigenvalue weighted by molar-refractivity contribution is 7.90. The summed E-state index contributed by atoms with van der Waals surface area (Å²) in [5.41, 5.74) is 0. The van der Waals surface area contributed by atoms with Crippen LogP contribution in [0.25, 0.3) is 0 Å². The van der Waals surface area contributed by atoms with Gasteiger partial charge in [-0.05, 0) is 12.8 Å². The average Bonchev–Trinajstić information content (AvgIpc) is 2.35. The highest BCUT2D eigenvalue weighted by atomic mass is 32.2. The van der Waals surface area contributed by atoms with Gasteiger partial charge in [-0.2, -0.15) is 5.26 Å². The molecule has 0 aliphatic rings. The Labute approximate surface area is 112 Å². The first kappa shape index (κ1) is 17.4. The van der Waals surface area contributed by atoms with Crippen LogP contribution in [0.2, 0.25) is 0 Å². The van der Waals surface area contributed by atoms with Crippen LogP contribution in [0.15, 0.2) is 0 Å². The molecule has 0 aromatic carbocycles. The fraction of sp³-hybridized carbons (Fsp3) is 0.923. The lowest BCUT2D eigenvalue weighted by molar-refractivity contribution is 0.533. The summed E-state index contributed by atoms with van der Waals surface area (Å²) in [5, 5.41) is 8.05. The second-order valence-corrected chi connectivity index (χ2v) is 6.66. The maximum absolute atomic E-state index is 11.8. The minimum Gasteiger partial charge on any atom is -0.212 e. The van der Waals surface area contributed by atoms with E-state index in [-0.39, 0.29) is 11.8 Å². The van der Waals surface area contributed by atoms with Crippen LogP contribution in [0.3, 0.4) is 0 Å². The van der Waals surface area contributed by atoms with Crippen molar-refractivity contribution in [2.24, 2.45) is 0 Å². The zero-order valence-corrected chi connectivity index (χ0v) is 12.4. The summed E-state index contributed by atoms with van der Waals surface area (Å²) in [6.07, 6.45) is 8.28. The predicted octanol–water partition coefficient (Wildman–Crippen LogP) is 2.96. The molecule has 0 fully saturated rings. The minimum absolute atomic E-state index is 0.130. The number of nitrogens with zero attached hydrogens (tertiary/aromatic N) is 1. The molecular formula is C13H26N2O2S. The zero-order chi connectivity index (χ0) is 13.9. The highest BCUT2D eigenvalue weighted by Crippen LogP contribution is 2.15. The van der Waals surface area contributed by atoms with Crippen LogP contribution in [0.4, 0.5) is 0 Å². The van der Waals surface area contributed by atoms with Gasteiger partial charge in [-0.1, -0.05) is 52.4 Å². The standard InChI is InChI=1S/C13H26N2O2S/c1-3-5-6-7-8-9-10-13(4-2)18(16,17)15-12-11-14/h13,15H,3-10,12H2,1-2H3. The van der Waals surface area contributed by atoms with Gasteiger partial charge < -0.3 is 0 Å². The van der Waals surface area contributed by atoms with Crippen molar-refractivity contribution < 1.29 is 8.42 Å². The third-order valence-corrected chi connectivity index (χ3v) is 5.12. The molecule has 1 atom stereocenters. The lowest BCUT2D eigenvalue weighted by Gasteiger charge is -2.15. The van der Waals surface area contributed by atoms with Gasteiger partial charge in [-0.3, -0.25) is 0 Å². The summed E-state index contributed by atoms with van der Waals surface area (Å²) >= 11 is 0. The van der Waals surface area contributed by atoms with Gasteiger partial charge in [0.25, 0.3) is 0 Å². The lowest BCUT2D eigenvalue weighted by atomic mass is 10.1. The Bertz CT molecular complexity index is 333. The van der Waals surface area contributed by atoms with Gasteiger partial charge in [0.2, 0.25) is 10.0 Å². The second-order valence-electron chi connectivity index (χ2n) is 4.61. The van der Waals surface area contributed by atoms with Crippen molar-refractivity contribution in [2.45, 2.75) is 70.5 Å². The van der Waals surface area contributed by atoms with E-state index in [0.717, 1.165) is 12.8 Å². The summed E-state index contributed by atoms with van der Waals surface area (Å²) in [5.74, 6) is 0. The molecule has 106 valence electrons. The Kier molecular flexibility index (Phi) is 9.99. The van der Waals surface area contributed by atoms with Gasteiger partial charge in [0.15, 0.2) is 0 Å². The van der Waals surface area contributed by atoms with Crippen molar-refractivity contribution in [2.75, 3.05) is 6.54 Å². The van der Waals surface area contributed by atoms with Crippen LogP contribution in [-0.4, -0.2) is 20.2 Å². The molecule has 0 spiro atoms. The van der Waals surface area contributed by atoms with Gasteiger partial charge in [0.05, 0.1) is 17.9 Å². The van der Waals surface area contributed by atoms with E-state index >= 15 is 0 Å². The van der Waals surface area contributed by atoms with Crippen LogP contribution in [0.5, 0.6) is 0 Å². The van der Waals surface area contributed by atoms with Crippen LogP contribution >= 0.6 is 0 Å². The fourth-order valence-electron chi connectivity index (χ4n) is 1.98. The van der Waals surface area contributed by atoms with Gasteiger partial charge in [0.1, 0.15) is 0 Å². The first-order valence-electron chi connectivity index (χ1n) is 6.93. The molecule has 0 aromatic heterocycles. The molecule has 0 aliphatic carbocycles. The van der Waals surface area contributed by atoms with Crippen LogP contribution in [0, 0.1) is 11.3 Å². The maximum Gasteiger partial charge on any atom is 0.215 e. The number of nitrogens with one attached hydrogen (secondary N) is 1. The summed E-state index contributed by atoms with van der Waals surface area (Å²) < 4.78 is 26.0. The normalized spacial score (nSPS) is 13.2. The third kappa shape index (κ3) is 7.67. The molecular weight excluding hydrogens is 248 g/mol. The molecule has 0 bridgehead atoms. The maximum atomic E-state index is 11.8. The van der Waals surface area contributed by atoms with Gasteiger partial charge in [0, 0.05) is 0 Å². The van der Waals surface area contributed by atoms with Crippen molar-refractivity contribution in [3.05, 3.63) is 0 Å². The average molecular weight is 274 g/mol. The van der Waals surface area contributed by atoms with E-state index < -0.39 is 10.0 Å². The molecule has 0 saturated heterocycles. The van der Waals surface area contributed by atoms with E-state index in [1.54, 1.807) is 6.07 Å². The van der Waals surface area contributed by atoms with Gasteiger partial charge in [-0.15, -0.1) is 0 Å². The SMILES string of the molecule is CCCCCCCCC(CC)S(=O)(=O)NCC#N. The fourth-order valence-corrected chi connectivity index (χ4v) is 3.40. The first-order chi connectivity index (χ1) is 8.58. The summed E-state index contributed by atoms with van der Waals surface area (Å²) in [6, 6.07) is 1.80. The number of nitriles is 1. The van der Waals surface area contributed by atoms with Gasteiger partial charge >= 0.3 is 0 Å². The summed E-state index contributed by atoms with van der Waals surface area (Å²) in [4.78, 5) is 0. The topological polar surface area (TPSA) is 70.0 Å². The van der Waals surface area contributed by atoms with Crippen molar-refractivity contribution in [3.63, 3.8) is 0 Å². The molecule has 18 heavy (non-hydrogen) atoms. The molecule has 1 N–H and O–H groups in total. The number of hydrogen-bond acceptors (Lipinski definition) is 3. The monoisotopic (exact) mass is 274 g/mol. The third-order valence-electron chi connectivity index (χ3n) is 3.13. The van der Waals surface area contributed by atoms with E-state index in [4.69, 9.17) is 5.26 Å². The number of hydrogen-bond donors (Lipinski definition) is 1. The number of unbranched alkanes of at least 4 members (excludes halogenated alkanes) is 5. The van der Waals surface area contributed by atoms with Crippen LogP contribution in [-0.2, 0) is 10.0 Å². The lowest BCUT2D eigenvalue weighted by Crippen LogP contribution is -2.34. The Morgan fingerprint density at radius 2 is 1.72 bits per heavy atom. The van der Waals surface area contributed by atoms with E-state index in [1.165, 1.54) is 25.7 Å². The molecule has 5 heteroatoms. The molecule has 0 heterocycles. The van der Waals surface area contributed by atoms with Crippen molar-refractivity contribution in [1.29, 1.82) is 5.26 Å². The van der Waals surface area contributed by atoms with E-state index in [1.807, 2.05) is 6.92 Å². The predicted molar refractivity (Wildman–Crippen MR) is 74.6 cm³/mol. The molecule has 0 rings (SSSR count). The van der Waals surface area contributed by atoms with E-state index in [0.29, 0.717) is 12.8 Å². The summed E-state index contributed by atoms with van der Waals surface area (Å²) in [7, 11) is -3.30. The Morgan fingerprint density at radius 3 is 2.28 bits per heavy atom. The number of rotatable bonds is 11. The van der Waals surface area contributed by atoms with Crippen molar-refractivity contribution in [1.82, 2.24) is 4.72 Å². The Hall–Kier alpha value is -0.600. The van der Waals surface area contributed by atoms with E-state index in [2.05, 4.69) is 11.6 Å². The highest BCUT2D eigenvalue weighted by Gasteiger charge is 2.22. The quantitative estimate of drug-likeness (QED) is 0.465. The van der Waals surface area contributed by atoms with Crippen molar-refractivity contribution >= 4 is 10.0 Å². The summed E-state index contributed by atoms with van der Waals surface area (Å²) in [6.45, 7) is 3.93. The molecule has 0 amide bonds. The molecule has 1 unspecified atom stereocenters. The van der Waals surface area contributed by atoms with E-state index in [9.17, 15) is 8.42 Å². The molecule has 0 radical (unpaired) electrons. The van der Waals surface area contributed by atoms with Crippen LogP contribution in [0.1, 0.15) is 65.2 Å². The largest absolute Gasteiger partial charge is 0.215 e. The molecule has 4 nitrogen and oxygen atoms in total. The second kappa shape index (κ2) is 10.3.